The van der Waals surface area contributed by atoms with Crippen molar-refractivity contribution in [2.75, 3.05) is 31.3 Å². The summed E-state index contributed by atoms with van der Waals surface area (Å²) in [6.45, 7) is 3.25. The van der Waals surface area contributed by atoms with Gasteiger partial charge in [0.2, 0.25) is 0 Å². The highest BCUT2D eigenvalue weighted by atomic mass is 32.1. The van der Waals surface area contributed by atoms with Crippen molar-refractivity contribution in [2.45, 2.75) is 19.4 Å². The zero-order chi connectivity index (χ0) is 15.2. The third-order valence-corrected chi connectivity index (χ3v) is 4.51. The van der Waals surface area contributed by atoms with Gasteiger partial charge in [-0.3, -0.25) is 0 Å². The van der Waals surface area contributed by atoms with Crippen molar-refractivity contribution in [3.05, 3.63) is 40.6 Å². The van der Waals surface area contributed by atoms with Crippen LogP contribution in [-0.4, -0.2) is 31.5 Å². The van der Waals surface area contributed by atoms with Gasteiger partial charge in [-0.05, 0) is 36.4 Å². The molecule has 4 nitrogen and oxygen atoms in total. The Morgan fingerprint density at radius 3 is 2.73 bits per heavy atom. The molecule has 1 aliphatic heterocycles. The number of hydrogen-bond donors (Lipinski definition) is 1. The lowest BCUT2D eigenvalue weighted by molar-refractivity contribution is 0.171. The maximum atomic E-state index is 9.01. The van der Waals surface area contributed by atoms with Gasteiger partial charge in [0.1, 0.15) is 13.2 Å². The van der Waals surface area contributed by atoms with Gasteiger partial charge in [0, 0.05) is 29.8 Å². The summed E-state index contributed by atoms with van der Waals surface area (Å²) in [5, 5.41) is 11.1. The van der Waals surface area contributed by atoms with Crippen molar-refractivity contribution in [1.82, 2.24) is 0 Å². The van der Waals surface area contributed by atoms with E-state index in [1.54, 1.807) is 11.3 Å². The number of fused-ring (bicyclic) bond motifs is 1. The Kier molecular flexibility index (Phi) is 5.19. The fraction of sp³-hybridized carbons (Fsp3) is 0.412. The zero-order valence-electron chi connectivity index (χ0n) is 12.5. The SMILES string of the molecule is OCCCCN(Cc1cccs1)c1ccc2c(c1)OCCO2. The van der Waals surface area contributed by atoms with E-state index in [4.69, 9.17) is 14.6 Å². The van der Waals surface area contributed by atoms with Crippen LogP contribution < -0.4 is 14.4 Å². The van der Waals surface area contributed by atoms with E-state index in [9.17, 15) is 0 Å². The smallest absolute Gasteiger partial charge is 0.163 e. The molecule has 2 aromatic rings. The molecule has 3 rings (SSSR count). The van der Waals surface area contributed by atoms with Gasteiger partial charge in [-0.15, -0.1) is 11.3 Å². The highest BCUT2D eigenvalue weighted by Gasteiger charge is 2.15. The van der Waals surface area contributed by atoms with Gasteiger partial charge in [-0.25, -0.2) is 0 Å². The largest absolute Gasteiger partial charge is 0.486 e. The number of aliphatic hydroxyl groups excluding tert-OH is 1. The molecule has 0 atom stereocenters. The summed E-state index contributed by atoms with van der Waals surface area (Å²) in [5.74, 6) is 1.64. The molecule has 0 radical (unpaired) electrons. The van der Waals surface area contributed by atoms with Crippen LogP contribution in [0.3, 0.4) is 0 Å². The van der Waals surface area contributed by atoms with Crippen molar-refractivity contribution in [3.63, 3.8) is 0 Å². The molecule has 1 N–H and O–H groups in total. The minimum absolute atomic E-state index is 0.244. The summed E-state index contributed by atoms with van der Waals surface area (Å²) in [7, 11) is 0. The zero-order valence-corrected chi connectivity index (χ0v) is 13.3. The van der Waals surface area contributed by atoms with Gasteiger partial charge in [0.05, 0.1) is 6.54 Å². The van der Waals surface area contributed by atoms with Crippen LogP contribution in [0.5, 0.6) is 11.5 Å². The number of aliphatic hydroxyl groups is 1. The molecule has 1 aromatic carbocycles. The van der Waals surface area contributed by atoms with Crippen molar-refractivity contribution in [2.24, 2.45) is 0 Å². The lowest BCUT2D eigenvalue weighted by Gasteiger charge is -2.26. The van der Waals surface area contributed by atoms with E-state index in [0.29, 0.717) is 13.2 Å². The van der Waals surface area contributed by atoms with Gasteiger partial charge < -0.3 is 19.5 Å². The molecule has 0 amide bonds. The molecular formula is C17H21NO3S. The van der Waals surface area contributed by atoms with Crippen molar-refractivity contribution in [3.8, 4) is 11.5 Å². The van der Waals surface area contributed by atoms with Crippen LogP contribution in [0, 0.1) is 0 Å². The number of rotatable bonds is 7. The Balaban J connectivity index is 1.77. The number of thiophene rings is 1. The van der Waals surface area contributed by atoms with E-state index >= 15 is 0 Å². The molecule has 0 fully saturated rings. The van der Waals surface area contributed by atoms with E-state index in [2.05, 4.69) is 34.5 Å². The predicted octanol–water partition coefficient (Wildman–Crippen LogP) is 3.30. The average molecular weight is 319 g/mol. The van der Waals surface area contributed by atoms with Crippen LogP contribution >= 0.6 is 11.3 Å². The minimum atomic E-state index is 0.244. The highest BCUT2D eigenvalue weighted by molar-refractivity contribution is 7.09. The first kappa shape index (κ1) is 15.2. The summed E-state index contributed by atoms with van der Waals surface area (Å²) >= 11 is 1.77. The fourth-order valence-electron chi connectivity index (χ4n) is 2.53. The summed E-state index contributed by atoms with van der Waals surface area (Å²) in [4.78, 5) is 3.67. The molecule has 1 aromatic heterocycles. The average Bonchev–Trinajstić information content (AvgIpc) is 3.07. The second-order valence-electron chi connectivity index (χ2n) is 5.26. The summed E-state index contributed by atoms with van der Waals surface area (Å²) in [6, 6.07) is 10.4. The molecule has 22 heavy (non-hydrogen) atoms. The molecule has 0 saturated carbocycles. The highest BCUT2D eigenvalue weighted by Crippen LogP contribution is 2.34. The van der Waals surface area contributed by atoms with Crippen LogP contribution in [0.2, 0.25) is 0 Å². The number of ether oxygens (including phenoxy) is 2. The molecular weight excluding hydrogens is 298 g/mol. The summed E-state index contributed by atoms with van der Waals surface area (Å²) < 4.78 is 11.3. The lowest BCUT2D eigenvalue weighted by Crippen LogP contribution is -2.24. The first-order valence-corrected chi connectivity index (χ1v) is 8.52. The van der Waals surface area contributed by atoms with Crippen LogP contribution in [-0.2, 0) is 6.54 Å². The van der Waals surface area contributed by atoms with E-state index < -0.39 is 0 Å². The Bertz CT molecular complexity index is 586. The normalized spacial score (nSPS) is 13.1. The van der Waals surface area contributed by atoms with Gasteiger partial charge in [-0.1, -0.05) is 6.07 Å². The van der Waals surface area contributed by atoms with E-state index in [0.717, 1.165) is 43.1 Å². The quantitative estimate of drug-likeness (QED) is 0.795. The maximum Gasteiger partial charge on any atom is 0.163 e. The second-order valence-corrected chi connectivity index (χ2v) is 6.29. The summed E-state index contributed by atoms with van der Waals surface area (Å²) in [5.41, 5.74) is 1.13. The van der Waals surface area contributed by atoms with Gasteiger partial charge in [0.25, 0.3) is 0 Å². The number of benzene rings is 1. The molecule has 0 saturated heterocycles. The number of nitrogens with zero attached hydrogens (tertiary/aromatic N) is 1. The van der Waals surface area contributed by atoms with Crippen molar-refractivity contribution < 1.29 is 14.6 Å². The number of hydrogen-bond acceptors (Lipinski definition) is 5. The van der Waals surface area contributed by atoms with Crippen LogP contribution in [0.15, 0.2) is 35.7 Å². The molecule has 5 heteroatoms. The third kappa shape index (κ3) is 3.72. The van der Waals surface area contributed by atoms with Crippen LogP contribution in [0.25, 0.3) is 0 Å². The molecule has 1 aliphatic rings. The van der Waals surface area contributed by atoms with Crippen molar-refractivity contribution >= 4 is 17.0 Å². The van der Waals surface area contributed by atoms with Gasteiger partial charge >= 0.3 is 0 Å². The predicted molar refractivity (Wildman–Crippen MR) is 89.1 cm³/mol. The molecule has 118 valence electrons. The third-order valence-electron chi connectivity index (χ3n) is 3.65. The monoisotopic (exact) mass is 319 g/mol. The first-order chi connectivity index (χ1) is 10.9. The molecule has 0 spiro atoms. The lowest BCUT2D eigenvalue weighted by atomic mass is 10.2. The van der Waals surface area contributed by atoms with E-state index in [1.807, 2.05) is 6.07 Å². The maximum absolute atomic E-state index is 9.01. The first-order valence-electron chi connectivity index (χ1n) is 7.64. The summed E-state index contributed by atoms with van der Waals surface area (Å²) in [6.07, 6.45) is 1.79. The Hall–Kier alpha value is -1.72. The Morgan fingerprint density at radius 2 is 1.95 bits per heavy atom. The minimum Gasteiger partial charge on any atom is -0.486 e. The van der Waals surface area contributed by atoms with Crippen molar-refractivity contribution in [1.29, 1.82) is 0 Å². The van der Waals surface area contributed by atoms with Crippen LogP contribution in [0.1, 0.15) is 17.7 Å². The fourth-order valence-corrected chi connectivity index (χ4v) is 3.25. The molecule has 2 heterocycles. The molecule has 0 aliphatic carbocycles. The standard InChI is InChI=1S/C17H21NO3S/c19-8-2-1-7-18(13-15-4-3-11-22-15)14-5-6-16-17(12-14)21-10-9-20-16/h3-6,11-12,19H,1-2,7-10,13H2. The van der Waals surface area contributed by atoms with E-state index in [1.165, 1.54) is 4.88 Å². The Morgan fingerprint density at radius 1 is 1.09 bits per heavy atom. The molecule has 0 bridgehead atoms. The molecule has 0 unspecified atom stereocenters. The van der Waals surface area contributed by atoms with E-state index in [-0.39, 0.29) is 6.61 Å². The van der Waals surface area contributed by atoms with Crippen LogP contribution in [0.4, 0.5) is 5.69 Å². The Labute approximate surface area is 134 Å². The topological polar surface area (TPSA) is 41.9 Å². The number of unbranched alkanes of at least 4 members (excludes halogenated alkanes) is 1. The van der Waals surface area contributed by atoms with Gasteiger partial charge in [-0.2, -0.15) is 0 Å². The number of anilines is 1. The second kappa shape index (κ2) is 7.51. The van der Waals surface area contributed by atoms with Gasteiger partial charge in [0.15, 0.2) is 11.5 Å².